The summed E-state index contributed by atoms with van der Waals surface area (Å²) in [6.45, 7) is 1.80. The molecule has 1 aliphatic heterocycles. The van der Waals surface area contributed by atoms with Crippen LogP contribution in [0, 0.1) is 18.3 Å². The van der Waals surface area contributed by atoms with E-state index in [0.29, 0.717) is 22.8 Å². The van der Waals surface area contributed by atoms with Gasteiger partial charge in [-0.1, -0.05) is 11.6 Å². The highest BCUT2D eigenvalue weighted by molar-refractivity contribution is 7.99. The van der Waals surface area contributed by atoms with Crippen molar-refractivity contribution in [3.8, 4) is 6.07 Å². The first-order chi connectivity index (χ1) is 8.56. The van der Waals surface area contributed by atoms with Crippen LogP contribution in [0.2, 0.25) is 5.02 Å². The molecule has 18 heavy (non-hydrogen) atoms. The van der Waals surface area contributed by atoms with E-state index in [9.17, 15) is 10.1 Å². The Labute approximate surface area is 115 Å². The van der Waals surface area contributed by atoms with Gasteiger partial charge in [0.1, 0.15) is 5.54 Å². The maximum absolute atomic E-state index is 12.1. The van der Waals surface area contributed by atoms with Gasteiger partial charge in [-0.15, -0.1) is 0 Å². The van der Waals surface area contributed by atoms with Gasteiger partial charge in [0.25, 0.3) is 5.91 Å². The number of carbonyl (C=O) groups is 1. The van der Waals surface area contributed by atoms with Gasteiger partial charge in [-0.2, -0.15) is 17.0 Å². The summed E-state index contributed by atoms with van der Waals surface area (Å²) in [5.41, 5.74) is 0.299. The smallest absolute Gasteiger partial charge is 0.255 e. The molecule has 1 aliphatic rings. The zero-order valence-electron chi connectivity index (χ0n) is 9.86. The number of pyridine rings is 1. The minimum absolute atomic E-state index is 0.314. The number of halogens is 1. The minimum atomic E-state index is -0.768. The summed E-state index contributed by atoms with van der Waals surface area (Å²) in [6, 6.07) is 3.83. The second-order valence-corrected chi connectivity index (χ2v) is 5.77. The van der Waals surface area contributed by atoms with Crippen LogP contribution in [-0.4, -0.2) is 27.9 Å². The molecule has 2 heterocycles. The number of hydrogen-bond acceptors (Lipinski definition) is 4. The van der Waals surface area contributed by atoms with E-state index in [1.54, 1.807) is 24.8 Å². The standard InChI is InChI=1S/C12H12ClN3OS/c1-8-4-10(13)9(5-15-8)11(17)16-12(6-14)2-3-18-7-12/h4-5H,2-3,7H2,1H3,(H,16,17). The predicted octanol–water partition coefficient (Wildman–Crippen LogP) is 2.17. The molecule has 0 aliphatic carbocycles. The Morgan fingerprint density at radius 3 is 3.06 bits per heavy atom. The van der Waals surface area contributed by atoms with Gasteiger partial charge in [-0.05, 0) is 25.2 Å². The summed E-state index contributed by atoms with van der Waals surface area (Å²) in [5, 5.41) is 12.3. The van der Waals surface area contributed by atoms with Gasteiger partial charge in [0.05, 0.1) is 16.7 Å². The van der Waals surface area contributed by atoms with Crippen LogP contribution in [0.4, 0.5) is 0 Å². The molecule has 0 radical (unpaired) electrons. The van der Waals surface area contributed by atoms with Crippen molar-refractivity contribution in [3.05, 3.63) is 28.5 Å². The Balaban J connectivity index is 2.19. The normalized spacial score (nSPS) is 22.5. The number of rotatable bonds is 2. The number of aromatic nitrogens is 1. The Bertz CT molecular complexity index is 521. The first-order valence-electron chi connectivity index (χ1n) is 5.50. The number of thioether (sulfide) groups is 1. The summed E-state index contributed by atoms with van der Waals surface area (Å²) in [7, 11) is 0. The summed E-state index contributed by atoms with van der Waals surface area (Å²) >= 11 is 7.67. The zero-order valence-corrected chi connectivity index (χ0v) is 11.4. The van der Waals surface area contributed by atoms with Gasteiger partial charge in [-0.25, -0.2) is 0 Å². The van der Waals surface area contributed by atoms with Crippen molar-refractivity contribution in [1.82, 2.24) is 10.3 Å². The fraction of sp³-hybridized carbons (Fsp3) is 0.417. The number of hydrogen-bond donors (Lipinski definition) is 1. The van der Waals surface area contributed by atoms with Gasteiger partial charge in [0, 0.05) is 17.6 Å². The van der Waals surface area contributed by atoms with Crippen molar-refractivity contribution in [2.45, 2.75) is 18.9 Å². The number of amides is 1. The maximum atomic E-state index is 12.1. The summed E-state index contributed by atoms with van der Waals surface area (Å²) < 4.78 is 0. The van der Waals surface area contributed by atoms with E-state index in [2.05, 4.69) is 16.4 Å². The van der Waals surface area contributed by atoms with E-state index in [1.807, 2.05) is 0 Å². The molecule has 0 spiro atoms. The van der Waals surface area contributed by atoms with Gasteiger partial charge in [0.2, 0.25) is 0 Å². The van der Waals surface area contributed by atoms with Crippen LogP contribution in [0.25, 0.3) is 0 Å². The number of carbonyl (C=O) groups excluding carboxylic acids is 1. The molecule has 1 amide bonds. The van der Waals surface area contributed by atoms with Crippen LogP contribution in [-0.2, 0) is 0 Å². The second kappa shape index (κ2) is 5.17. The first-order valence-corrected chi connectivity index (χ1v) is 7.03. The van der Waals surface area contributed by atoms with Crippen LogP contribution < -0.4 is 5.32 Å². The van der Waals surface area contributed by atoms with Crippen LogP contribution in [0.3, 0.4) is 0 Å². The van der Waals surface area contributed by atoms with Gasteiger partial charge >= 0.3 is 0 Å². The van der Waals surface area contributed by atoms with Crippen molar-refractivity contribution in [2.75, 3.05) is 11.5 Å². The number of aryl methyl sites for hydroxylation is 1. The number of nitriles is 1. The molecule has 0 saturated carbocycles. The van der Waals surface area contributed by atoms with Crippen molar-refractivity contribution in [3.63, 3.8) is 0 Å². The molecular weight excluding hydrogens is 270 g/mol. The maximum Gasteiger partial charge on any atom is 0.255 e. The molecule has 1 fully saturated rings. The second-order valence-electron chi connectivity index (χ2n) is 4.26. The fourth-order valence-corrected chi connectivity index (χ4v) is 3.32. The monoisotopic (exact) mass is 281 g/mol. The lowest BCUT2D eigenvalue weighted by atomic mass is 10.0. The number of nitrogens with zero attached hydrogens (tertiary/aromatic N) is 2. The summed E-state index contributed by atoms with van der Waals surface area (Å²) in [4.78, 5) is 16.2. The quantitative estimate of drug-likeness (QED) is 0.902. The summed E-state index contributed by atoms with van der Waals surface area (Å²) in [6.07, 6.45) is 2.11. The van der Waals surface area contributed by atoms with Gasteiger partial charge in [0.15, 0.2) is 0 Å². The molecule has 1 aromatic rings. The zero-order chi connectivity index (χ0) is 13.2. The largest absolute Gasteiger partial charge is 0.333 e. The molecule has 0 aromatic carbocycles. The van der Waals surface area contributed by atoms with E-state index < -0.39 is 5.54 Å². The average molecular weight is 282 g/mol. The molecule has 0 bridgehead atoms. The highest BCUT2D eigenvalue weighted by atomic mass is 35.5. The van der Waals surface area contributed by atoms with Gasteiger partial charge < -0.3 is 5.32 Å². The Morgan fingerprint density at radius 1 is 1.72 bits per heavy atom. The Hall–Kier alpha value is -1.25. The Kier molecular flexibility index (Phi) is 3.79. The SMILES string of the molecule is Cc1cc(Cl)c(C(=O)NC2(C#N)CCSC2)cn1. The molecule has 94 valence electrons. The molecule has 1 N–H and O–H groups in total. The van der Waals surface area contributed by atoms with Crippen molar-refractivity contribution in [2.24, 2.45) is 0 Å². The van der Waals surface area contributed by atoms with E-state index in [-0.39, 0.29) is 5.91 Å². The van der Waals surface area contributed by atoms with Crippen LogP contribution >= 0.6 is 23.4 Å². The fourth-order valence-electron chi connectivity index (χ4n) is 1.76. The van der Waals surface area contributed by atoms with Gasteiger partial charge in [-0.3, -0.25) is 9.78 Å². The predicted molar refractivity (Wildman–Crippen MR) is 71.7 cm³/mol. The molecule has 6 heteroatoms. The topological polar surface area (TPSA) is 65.8 Å². The van der Waals surface area contributed by atoms with Crippen molar-refractivity contribution in [1.29, 1.82) is 5.26 Å². The van der Waals surface area contributed by atoms with E-state index in [0.717, 1.165) is 11.4 Å². The molecule has 1 saturated heterocycles. The summed E-state index contributed by atoms with van der Waals surface area (Å²) in [5.74, 6) is 1.16. The van der Waals surface area contributed by atoms with Crippen LogP contribution in [0.5, 0.6) is 0 Å². The third kappa shape index (κ3) is 2.60. The van der Waals surface area contributed by atoms with E-state index in [1.165, 1.54) is 6.20 Å². The third-order valence-corrected chi connectivity index (χ3v) is 4.33. The molecule has 1 unspecified atom stereocenters. The molecule has 1 aromatic heterocycles. The molecule has 2 rings (SSSR count). The van der Waals surface area contributed by atoms with E-state index in [4.69, 9.17) is 11.6 Å². The Morgan fingerprint density at radius 2 is 2.50 bits per heavy atom. The lowest BCUT2D eigenvalue weighted by Crippen LogP contribution is -2.47. The average Bonchev–Trinajstić information content (AvgIpc) is 2.78. The third-order valence-electron chi connectivity index (χ3n) is 2.82. The molecular formula is C12H12ClN3OS. The molecule has 4 nitrogen and oxygen atoms in total. The van der Waals surface area contributed by atoms with Crippen molar-refractivity contribution < 1.29 is 4.79 Å². The van der Waals surface area contributed by atoms with E-state index >= 15 is 0 Å². The first kappa shape index (κ1) is 13.2. The minimum Gasteiger partial charge on any atom is -0.333 e. The lowest BCUT2D eigenvalue weighted by molar-refractivity contribution is 0.0926. The molecule has 1 atom stereocenters. The van der Waals surface area contributed by atoms with Crippen LogP contribution in [0.15, 0.2) is 12.3 Å². The highest BCUT2D eigenvalue weighted by Gasteiger charge is 2.36. The number of nitrogens with one attached hydrogen (secondary N) is 1. The highest BCUT2D eigenvalue weighted by Crippen LogP contribution is 2.28. The van der Waals surface area contributed by atoms with Crippen LogP contribution in [0.1, 0.15) is 22.5 Å². The lowest BCUT2D eigenvalue weighted by Gasteiger charge is -2.21. The van der Waals surface area contributed by atoms with Crippen molar-refractivity contribution >= 4 is 29.3 Å².